The number of rotatable bonds is 3. The lowest BCUT2D eigenvalue weighted by molar-refractivity contribution is -0.0257. The average molecular weight is 341 g/mol. The second-order valence-corrected chi connectivity index (χ2v) is 7.01. The summed E-state index contributed by atoms with van der Waals surface area (Å²) in [6.07, 6.45) is 2.24. The van der Waals surface area contributed by atoms with Gasteiger partial charge in [0.25, 0.3) is 5.91 Å². The second kappa shape index (κ2) is 6.71. The summed E-state index contributed by atoms with van der Waals surface area (Å²) in [7, 11) is 0. The molecule has 1 aromatic heterocycles. The lowest BCUT2D eigenvalue weighted by Gasteiger charge is -2.33. The van der Waals surface area contributed by atoms with Crippen LogP contribution in [-0.4, -0.2) is 77.3 Å². The highest BCUT2D eigenvalue weighted by Crippen LogP contribution is 2.25. The Balaban J connectivity index is 1.45. The summed E-state index contributed by atoms with van der Waals surface area (Å²) >= 11 is 0. The number of carbonyl (C=O) groups is 1. The number of hydrogen-bond acceptors (Lipinski definition) is 5. The van der Waals surface area contributed by atoms with Crippen LogP contribution in [0.15, 0.2) is 36.5 Å². The minimum atomic E-state index is -0.836. The third-order valence-corrected chi connectivity index (χ3v) is 5.08. The molecule has 132 valence electrons. The number of fused-ring (bicyclic) bond motifs is 1. The van der Waals surface area contributed by atoms with E-state index in [1.54, 1.807) is 11.1 Å². The minimum absolute atomic E-state index is 0.0591. The number of para-hydroxylation sites is 1. The normalized spacial score (nSPS) is 24.8. The molecule has 0 saturated carbocycles. The number of aliphatic hydroxyl groups is 1. The highest BCUT2D eigenvalue weighted by molar-refractivity contribution is 5.97. The van der Waals surface area contributed by atoms with Gasteiger partial charge in [0, 0.05) is 37.8 Å². The van der Waals surface area contributed by atoms with Crippen molar-refractivity contribution < 1.29 is 14.6 Å². The van der Waals surface area contributed by atoms with Crippen LogP contribution in [0.3, 0.4) is 0 Å². The number of aromatic nitrogens is 1. The van der Waals surface area contributed by atoms with Crippen molar-refractivity contribution in [3.05, 3.63) is 42.1 Å². The van der Waals surface area contributed by atoms with E-state index in [1.807, 2.05) is 30.3 Å². The maximum absolute atomic E-state index is 12.8. The van der Waals surface area contributed by atoms with Gasteiger partial charge in [0.15, 0.2) is 0 Å². The number of pyridine rings is 1. The Bertz CT molecular complexity index is 775. The number of likely N-dealkylation sites (tertiary alicyclic amines) is 1. The lowest BCUT2D eigenvalue weighted by atomic mass is 10.0. The first-order valence-electron chi connectivity index (χ1n) is 8.80. The van der Waals surface area contributed by atoms with Crippen LogP contribution in [0.5, 0.6) is 0 Å². The highest BCUT2D eigenvalue weighted by Gasteiger charge is 2.40. The molecule has 1 atom stereocenters. The summed E-state index contributed by atoms with van der Waals surface area (Å²) in [6, 6.07) is 9.64. The molecule has 6 nitrogen and oxygen atoms in total. The molecule has 3 heterocycles. The number of β-amino-alcohol motifs (C(OH)–C–C–N with tert-alkyl or cyclic N) is 1. The summed E-state index contributed by atoms with van der Waals surface area (Å²) in [4.78, 5) is 21.1. The van der Waals surface area contributed by atoms with Crippen molar-refractivity contribution in [3.8, 4) is 0 Å². The molecule has 25 heavy (non-hydrogen) atoms. The molecule has 0 unspecified atom stereocenters. The molecule has 6 heteroatoms. The van der Waals surface area contributed by atoms with Gasteiger partial charge < -0.3 is 14.7 Å². The van der Waals surface area contributed by atoms with E-state index < -0.39 is 5.60 Å². The zero-order valence-corrected chi connectivity index (χ0v) is 14.2. The maximum Gasteiger partial charge on any atom is 0.255 e. The third-order valence-electron chi connectivity index (χ3n) is 5.08. The zero-order valence-electron chi connectivity index (χ0n) is 14.2. The molecule has 0 spiro atoms. The topological polar surface area (TPSA) is 65.9 Å². The van der Waals surface area contributed by atoms with Gasteiger partial charge in [-0.3, -0.25) is 14.7 Å². The molecule has 0 aliphatic carbocycles. The number of nitrogens with zero attached hydrogens (tertiary/aromatic N) is 3. The van der Waals surface area contributed by atoms with Crippen LogP contribution in [0, 0.1) is 0 Å². The highest BCUT2D eigenvalue weighted by atomic mass is 16.5. The predicted molar refractivity (Wildman–Crippen MR) is 94.5 cm³/mol. The SMILES string of the molecule is O=C(c1cnc2ccccc2c1)N1CC[C@](O)(CN2CCOCC2)C1. The van der Waals surface area contributed by atoms with Crippen LogP contribution in [0.4, 0.5) is 0 Å². The van der Waals surface area contributed by atoms with Crippen LogP contribution in [0.1, 0.15) is 16.8 Å². The van der Waals surface area contributed by atoms with Crippen LogP contribution < -0.4 is 0 Å². The van der Waals surface area contributed by atoms with Gasteiger partial charge in [-0.05, 0) is 18.6 Å². The molecular formula is C19H23N3O3. The Kier molecular flexibility index (Phi) is 4.41. The number of morpholine rings is 1. The Morgan fingerprint density at radius 2 is 2.04 bits per heavy atom. The molecule has 1 N–H and O–H groups in total. The Morgan fingerprint density at radius 1 is 1.24 bits per heavy atom. The average Bonchev–Trinajstić information content (AvgIpc) is 3.03. The van der Waals surface area contributed by atoms with Gasteiger partial charge in [0.1, 0.15) is 0 Å². The summed E-state index contributed by atoms with van der Waals surface area (Å²) in [5.41, 5.74) is 0.621. The molecule has 2 aromatic rings. The van der Waals surface area contributed by atoms with Gasteiger partial charge >= 0.3 is 0 Å². The van der Waals surface area contributed by atoms with E-state index in [2.05, 4.69) is 9.88 Å². The summed E-state index contributed by atoms with van der Waals surface area (Å²) in [5, 5.41) is 11.8. The van der Waals surface area contributed by atoms with Crippen molar-refractivity contribution in [2.24, 2.45) is 0 Å². The van der Waals surface area contributed by atoms with Crippen LogP contribution in [0.25, 0.3) is 10.9 Å². The second-order valence-electron chi connectivity index (χ2n) is 7.01. The fourth-order valence-electron chi connectivity index (χ4n) is 3.70. The summed E-state index contributed by atoms with van der Waals surface area (Å²) < 4.78 is 5.35. The van der Waals surface area contributed by atoms with Gasteiger partial charge in [-0.1, -0.05) is 18.2 Å². The van der Waals surface area contributed by atoms with Gasteiger partial charge in [-0.25, -0.2) is 0 Å². The Morgan fingerprint density at radius 3 is 2.88 bits per heavy atom. The van der Waals surface area contributed by atoms with E-state index in [1.165, 1.54) is 0 Å². The van der Waals surface area contributed by atoms with E-state index in [0.29, 0.717) is 44.8 Å². The van der Waals surface area contributed by atoms with Crippen molar-refractivity contribution in [1.29, 1.82) is 0 Å². The molecule has 4 rings (SSSR count). The lowest BCUT2D eigenvalue weighted by Crippen LogP contribution is -2.49. The monoisotopic (exact) mass is 341 g/mol. The standard InChI is InChI=1S/C19H23N3O3/c23-18(16-11-15-3-1-2-4-17(15)20-12-16)22-6-5-19(24,14-22)13-21-7-9-25-10-8-21/h1-4,11-12,24H,5-10,13-14H2/t19-/m0/s1. The molecular weight excluding hydrogens is 318 g/mol. The molecule has 2 aliphatic rings. The molecule has 2 fully saturated rings. The number of ether oxygens (including phenoxy) is 1. The van der Waals surface area contributed by atoms with Crippen molar-refractivity contribution in [2.45, 2.75) is 12.0 Å². The molecule has 1 aromatic carbocycles. The molecule has 0 radical (unpaired) electrons. The molecule has 1 amide bonds. The van der Waals surface area contributed by atoms with Gasteiger partial charge in [0.2, 0.25) is 0 Å². The summed E-state index contributed by atoms with van der Waals surface area (Å²) in [5.74, 6) is -0.0591. The van der Waals surface area contributed by atoms with E-state index >= 15 is 0 Å². The first kappa shape index (κ1) is 16.4. The van der Waals surface area contributed by atoms with Crippen LogP contribution >= 0.6 is 0 Å². The van der Waals surface area contributed by atoms with Gasteiger partial charge in [-0.2, -0.15) is 0 Å². The largest absolute Gasteiger partial charge is 0.387 e. The van der Waals surface area contributed by atoms with E-state index in [4.69, 9.17) is 4.74 Å². The smallest absolute Gasteiger partial charge is 0.255 e. The zero-order chi connectivity index (χ0) is 17.3. The maximum atomic E-state index is 12.8. The first-order chi connectivity index (χ1) is 12.1. The predicted octanol–water partition coefficient (Wildman–Crippen LogP) is 1.14. The third kappa shape index (κ3) is 3.51. The van der Waals surface area contributed by atoms with Crippen molar-refractivity contribution in [1.82, 2.24) is 14.8 Å². The number of benzene rings is 1. The van der Waals surface area contributed by atoms with Crippen molar-refractivity contribution in [3.63, 3.8) is 0 Å². The van der Waals surface area contributed by atoms with Gasteiger partial charge in [0.05, 0.1) is 36.4 Å². The molecule has 2 aliphatic heterocycles. The van der Waals surface area contributed by atoms with E-state index in [9.17, 15) is 9.90 Å². The molecule has 2 saturated heterocycles. The quantitative estimate of drug-likeness (QED) is 0.907. The van der Waals surface area contributed by atoms with Crippen LogP contribution in [-0.2, 0) is 4.74 Å². The fraction of sp³-hybridized carbons (Fsp3) is 0.474. The van der Waals surface area contributed by atoms with E-state index in [-0.39, 0.29) is 5.91 Å². The number of hydrogen-bond donors (Lipinski definition) is 1. The first-order valence-corrected chi connectivity index (χ1v) is 8.80. The molecule has 0 bridgehead atoms. The summed E-state index contributed by atoms with van der Waals surface area (Å²) in [6.45, 7) is 4.64. The van der Waals surface area contributed by atoms with Gasteiger partial charge in [-0.15, -0.1) is 0 Å². The van der Waals surface area contributed by atoms with Crippen molar-refractivity contribution >= 4 is 16.8 Å². The number of amides is 1. The number of carbonyl (C=O) groups excluding carboxylic acids is 1. The van der Waals surface area contributed by atoms with E-state index in [0.717, 1.165) is 24.0 Å². The van der Waals surface area contributed by atoms with Crippen LogP contribution in [0.2, 0.25) is 0 Å². The fourth-order valence-corrected chi connectivity index (χ4v) is 3.70. The van der Waals surface area contributed by atoms with Crippen molar-refractivity contribution in [2.75, 3.05) is 45.9 Å². The minimum Gasteiger partial charge on any atom is -0.387 e. The Hall–Kier alpha value is -2.02. The Labute approximate surface area is 147 Å².